The Kier molecular flexibility index (Phi) is 5.64. The molecular formula is C19H21NO5. The van der Waals surface area contributed by atoms with Crippen LogP contribution in [0, 0.1) is 0 Å². The van der Waals surface area contributed by atoms with Crippen molar-refractivity contribution in [1.82, 2.24) is 0 Å². The second kappa shape index (κ2) is 7.70. The highest BCUT2D eigenvalue weighted by Gasteiger charge is 2.12. The van der Waals surface area contributed by atoms with Crippen molar-refractivity contribution >= 4 is 17.6 Å². The lowest BCUT2D eigenvalue weighted by atomic mass is 10.2. The van der Waals surface area contributed by atoms with Crippen molar-refractivity contribution in [2.24, 2.45) is 0 Å². The molecule has 25 heavy (non-hydrogen) atoms. The fourth-order valence-corrected chi connectivity index (χ4v) is 2.04. The average molecular weight is 343 g/mol. The van der Waals surface area contributed by atoms with Gasteiger partial charge in [-0.3, -0.25) is 4.79 Å². The molecule has 0 aliphatic carbocycles. The van der Waals surface area contributed by atoms with Gasteiger partial charge in [0.25, 0.3) is 5.91 Å². The number of aliphatic carboxylic acids is 1. The third-order valence-electron chi connectivity index (χ3n) is 2.99. The molecule has 0 saturated carbocycles. The number of ether oxygens (including phenoxy) is 2. The standard InChI is InChI=1S/C19H21NO5/c1-19(2,3)25-15-9-7-14(8-10-15)20-18(23)13-5-4-6-16(11-13)24-12-17(21)22/h4-11H,12H2,1-3H3,(H,20,23)(H,21,22). The first-order chi connectivity index (χ1) is 11.7. The minimum atomic E-state index is -1.08. The molecule has 0 radical (unpaired) electrons. The minimum Gasteiger partial charge on any atom is -0.488 e. The Hall–Kier alpha value is -3.02. The van der Waals surface area contributed by atoms with Crippen LogP contribution < -0.4 is 14.8 Å². The van der Waals surface area contributed by atoms with Gasteiger partial charge >= 0.3 is 5.97 Å². The lowest BCUT2D eigenvalue weighted by Gasteiger charge is -2.21. The van der Waals surface area contributed by atoms with Crippen LogP contribution >= 0.6 is 0 Å². The molecule has 1 amide bonds. The number of hydrogen-bond acceptors (Lipinski definition) is 4. The molecule has 6 nitrogen and oxygen atoms in total. The summed E-state index contributed by atoms with van der Waals surface area (Å²) < 4.78 is 10.8. The predicted octanol–water partition coefficient (Wildman–Crippen LogP) is 3.58. The molecule has 2 aromatic rings. The van der Waals surface area contributed by atoms with Crippen molar-refractivity contribution in [3.8, 4) is 11.5 Å². The summed E-state index contributed by atoms with van der Waals surface area (Å²) in [6.45, 7) is 5.42. The zero-order valence-corrected chi connectivity index (χ0v) is 14.4. The molecular weight excluding hydrogens is 322 g/mol. The largest absolute Gasteiger partial charge is 0.488 e. The van der Waals surface area contributed by atoms with Gasteiger partial charge < -0.3 is 19.9 Å². The summed E-state index contributed by atoms with van der Waals surface area (Å²) in [5.41, 5.74) is 0.710. The van der Waals surface area contributed by atoms with Crippen LogP contribution in [0.3, 0.4) is 0 Å². The summed E-state index contributed by atoms with van der Waals surface area (Å²) in [7, 11) is 0. The van der Waals surface area contributed by atoms with Gasteiger partial charge in [-0.25, -0.2) is 4.79 Å². The molecule has 2 aromatic carbocycles. The topological polar surface area (TPSA) is 84.9 Å². The van der Waals surface area contributed by atoms with E-state index in [4.69, 9.17) is 14.6 Å². The molecule has 6 heteroatoms. The van der Waals surface area contributed by atoms with E-state index in [0.717, 1.165) is 5.75 Å². The van der Waals surface area contributed by atoms with Crippen LogP contribution in [0.1, 0.15) is 31.1 Å². The van der Waals surface area contributed by atoms with Crippen LogP contribution in [0.4, 0.5) is 5.69 Å². The number of amides is 1. The van der Waals surface area contributed by atoms with Gasteiger partial charge in [0.15, 0.2) is 6.61 Å². The molecule has 0 saturated heterocycles. The fourth-order valence-electron chi connectivity index (χ4n) is 2.04. The summed E-state index contributed by atoms with van der Waals surface area (Å²) in [5.74, 6) is -0.351. The first kappa shape index (κ1) is 18.3. The van der Waals surface area contributed by atoms with Crippen LogP contribution in [0.15, 0.2) is 48.5 Å². The van der Waals surface area contributed by atoms with Gasteiger partial charge in [-0.15, -0.1) is 0 Å². The maximum atomic E-state index is 12.3. The SMILES string of the molecule is CC(C)(C)Oc1ccc(NC(=O)c2cccc(OCC(=O)O)c2)cc1. The second-order valence-corrected chi connectivity index (χ2v) is 6.40. The molecule has 0 aliphatic heterocycles. The molecule has 0 bridgehead atoms. The van der Waals surface area contributed by atoms with Gasteiger partial charge in [-0.2, -0.15) is 0 Å². The Labute approximate surface area is 146 Å². The van der Waals surface area contributed by atoms with Gasteiger partial charge in [0.1, 0.15) is 17.1 Å². The van der Waals surface area contributed by atoms with Crippen LogP contribution in [-0.4, -0.2) is 29.2 Å². The third-order valence-corrected chi connectivity index (χ3v) is 2.99. The molecule has 0 fully saturated rings. The van der Waals surface area contributed by atoms with Crippen molar-refractivity contribution in [2.75, 3.05) is 11.9 Å². The number of carbonyl (C=O) groups excluding carboxylic acids is 1. The van der Waals surface area contributed by atoms with Crippen LogP contribution in [0.25, 0.3) is 0 Å². The zero-order valence-electron chi connectivity index (χ0n) is 14.4. The number of benzene rings is 2. The van der Waals surface area contributed by atoms with Crippen molar-refractivity contribution < 1.29 is 24.2 Å². The first-order valence-electron chi connectivity index (χ1n) is 7.78. The molecule has 0 atom stereocenters. The van der Waals surface area contributed by atoms with Crippen LogP contribution in [0.2, 0.25) is 0 Å². The van der Waals surface area contributed by atoms with Crippen LogP contribution in [-0.2, 0) is 4.79 Å². The van der Waals surface area contributed by atoms with E-state index >= 15 is 0 Å². The Bertz CT molecular complexity index is 747. The number of carbonyl (C=O) groups is 2. The lowest BCUT2D eigenvalue weighted by molar-refractivity contribution is -0.139. The van der Waals surface area contributed by atoms with E-state index in [1.54, 1.807) is 42.5 Å². The third kappa shape index (κ3) is 6.18. The van der Waals surface area contributed by atoms with E-state index in [9.17, 15) is 9.59 Å². The van der Waals surface area contributed by atoms with Gasteiger partial charge in [-0.05, 0) is 63.2 Å². The zero-order chi connectivity index (χ0) is 18.4. The van der Waals surface area contributed by atoms with E-state index in [1.807, 2.05) is 20.8 Å². The molecule has 0 unspecified atom stereocenters. The van der Waals surface area contributed by atoms with Crippen LogP contribution in [0.5, 0.6) is 11.5 Å². The highest BCUT2D eigenvalue weighted by molar-refractivity contribution is 6.04. The van der Waals surface area contributed by atoms with E-state index in [0.29, 0.717) is 17.0 Å². The summed E-state index contributed by atoms with van der Waals surface area (Å²) in [5, 5.41) is 11.4. The van der Waals surface area contributed by atoms with E-state index in [2.05, 4.69) is 5.32 Å². The van der Waals surface area contributed by atoms with Crippen molar-refractivity contribution in [1.29, 1.82) is 0 Å². The number of rotatable bonds is 6. The summed E-state index contributed by atoms with van der Waals surface area (Å²) >= 11 is 0. The Morgan fingerprint density at radius 2 is 1.72 bits per heavy atom. The summed E-state index contributed by atoms with van der Waals surface area (Å²) in [6, 6.07) is 13.4. The quantitative estimate of drug-likeness (QED) is 0.837. The number of anilines is 1. The molecule has 0 heterocycles. The van der Waals surface area contributed by atoms with Gasteiger partial charge in [0.2, 0.25) is 0 Å². The summed E-state index contributed by atoms with van der Waals surface area (Å²) in [4.78, 5) is 22.8. The van der Waals surface area contributed by atoms with Gasteiger partial charge in [0, 0.05) is 11.3 Å². The van der Waals surface area contributed by atoms with Crippen molar-refractivity contribution in [3.05, 3.63) is 54.1 Å². The highest BCUT2D eigenvalue weighted by Crippen LogP contribution is 2.21. The Balaban J connectivity index is 2.02. The minimum absolute atomic E-state index is 0.291. The maximum Gasteiger partial charge on any atom is 0.341 e. The van der Waals surface area contributed by atoms with Gasteiger partial charge in [0.05, 0.1) is 0 Å². The van der Waals surface area contributed by atoms with E-state index in [-0.39, 0.29) is 11.5 Å². The van der Waals surface area contributed by atoms with E-state index in [1.165, 1.54) is 6.07 Å². The highest BCUT2D eigenvalue weighted by atomic mass is 16.5. The molecule has 2 rings (SSSR count). The molecule has 132 valence electrons. The fraction of sp³-hybridized carbons (Fsp3) is 0.263. The van der Waals surface area contributed by atoms with Gasteiger partial charge in [-0.1, -0.05) is 6.07 Å². The lowest BCUT2D eigenvalue weighted by Crippen LogP contribution is -2.22. The molecule has 0 aromatic heterocycles. The summed E-state index contributed by atoms with van der Waals surface area (Å²) in [6.07, 6.45) is 0. The smallest absolute Gasteiger partial charge is 0.341 e. The van der Waals surface area contributed by atoms with Crippen molar-refractivity contribution in [2.45, 2.75) is 26.4 Å². The predicted molar refractivity (Wildman–Crippen MR) is 94.3 cm³/mol. The number of carboxylic acid groups (broad SMARTS) is 1. The average Bonchev–Trinajstić information content (AvgIpc) is 2.53. The van der Waals surface area contributed by atoms with E-state index < -0.39 is 12.6 Å². The number of hydrogen-bond donors (Lipinski definition) is 2. The normalized spacial score (nSPS) is 10.8. The molecule has 0 aliphatic rings. The maximum absolute atomic E-state index is 12.3. The Morgan fingerprint density at radius 3 is 2.32 bits per heavy atom. The molecule has 2 N–H and O–H groups in total. The van der Waals surface area contributed by atoms with Crippen molar-refractivity contribution in [3.63, 3.8) is 0 Å². The number of nitrogens with one attached hydrogen (secondary N) is 1. The Morgan fingerprint density at radius 1 is 1.04 bits per heavy atom. The second-order valence-electron chi connectivity index (χ2n) is 6.40. The molecule has 0 spiro atoms. The monoisotopic (exact) mass is 343 g/mol. The first-order valence-corrected chi connectivity index (χ1v) is 7.78. The number of carboxylic acids is 1.